The molecule has 0 aliphatic heterocycles. The number of rotatable bonds is 16. The van der Waals surface area contributed by atoms with Crippen molar-refractivity contribution in [3.8, 4) is 0 Å². The molecular weight excluding hydrogens is 412 g/mol. The summed E-state index contributed by atoms with van der Waals surface area (Å²) in [7, 11) is 0. The fourth-order valence-electron chi connectivity index (χ4n) is 2.30. The zero-order valence-corrected chi connectivity index (χ0v) is 17.7. The first-order valence-electron chi connectivity index (χ1n) is 10.0. The summed E-state index contributed by atoms with van der Waals surface area (Å²) in [6.07, 6.45) is 0.909. The van der Waals surface area contributed by atoms with Crippen molar-refractivity contribution in [2.75, 3.05) is 39.5 Å². The number of ether oxygens (including phenoxy) is 3. The number of carbonyl (C=O) groups is 3. The molecule has 3 amide bonds. The average molecular weight is 449 g/mol. The molecule has 0 saturated carbocycles. The number of hydrogen-bond acceptors (Lipinski definition) is 9. The van der Waals surface area contributed by atoms with Crippen molar-refractivity contribution >= 4 is 24.2 Å². The number of amides is 3. The fourth-order valence-corrected chi connectivity index (χ4v) is 2.30. The van der Waals surface area contributed by atoms with Crippen LogP contribution >= 0.6 is 0 Å². The van der Waals surface area contributed by atoms with Crippen molar-refractivity contribution in [3.63, 3.8) is 0 Å². The molecule has 0 aromatic rings. The van der Waals surface area contributed by atoms with Gasteiger partial charge in [0.15, 0.2) is 5.96 Å². The molecule has 0 radical (unpaired) electrons. The van der Waals surface area contributed by atoms with Gasteiger partial charge in [0.2, 0.25) is 0 Å². The van der Waals surface area contributed by atoms with Gasteiger partial charge in [-0.05, 0) is 32.2 Å². The monoisotopic (exact) mass is 448 g/mol. The van der Waals surface area contributed by atoms with E-state index >= 15 is 0 Å². The Morgan fingerprint density at radius 3 is 2.26 bits per heavy atom. The Morgan fingerprint density at radius 1 is 0.903 bits per heavy atom. The molecule has 0 saturated heterocycles. The molecule has 0 rings (SSSR count). The van der Waals surface area contributed by atoms with Gasteiger partial charge in [0.05, 0.1) is 12.6 Å². The molecule has 0 heterocycles. The van der Waals surface area contributed by atoms with Crippen molar-refractivity contribution in [2.45, 2.75) is 44.2 Å². The number of aliphatic imine (C=N–C) groups is 1. The number of guanidine groups is 1. The molecule has 0 fully saturated rings. The van der Waals surface area contributed by atoms with Crippen LogP contribution in [0.25, 0.3) is 0 Å². The molecule has 0 aliphatic rings. The summed E-state index contributed by atoms with van der Waals surface area (Å²) in [5, 5.41) is 5.03. The van der Waals surface area contributed by atoms with Gasteiger partial charge in [-0.25, -0.2) is 14.4 Å². The van der Waals surface area contributed by atoms with Crippen molar-refractivity contribution in [1.82, 2.24) is 10.6 Å². The van der Waals surface area contributed by atoms with Gasteiger partial charge in [-0.2, -0.15) is 0 Å². The molecule has 0 aromatic carbocycles. The first-order valence-corrected chi connectivity index (χ1v) is 10.0. The molecule has 0 aliphatic carbocycles. The minimum absolute atomic E-state index is 0.0137. The summed E-state index contributed by atoms with van der Waals surface area (Å²) >= 11 is 0. The summed E-state index contributed by atoms with van der Waals surface area (Å²) in [4.78, 5) is 38.0. The van der Waals surface area contributed by atoms with Crippen molar-refractivity contribution in [3.05, 3.63) is 0 Å². The number of hydrogen-bond donors (Lipinski definition) is 7. The van der Waals surface area contributed by atoms with E-state index in [0.29, 0.717) is 32.4 Å². The van der Waals surface area contributed by atoms with Gasteiger partial charge < -0.3 is 53.5 Å². The third-order valence-electron chi connectivity index (χ3n) is 3.82. The summed E-state index contributed by atoms with van der Waals surface area (Å²) in [5.74, 6) is 0.0137. The Labute approximate surface area is 181 Å². The lowest BCUT2D eigenvalue weighted by Crippen LogP contribution is -2.42. The number of nitrogens with two attached hydrogens (primary N) is 5. The van der Waals surface area contributed by atoms with E-state index < -0.39 is 24.3 Å². The lowest BCUT2D eigenvalue weighted by atomic mass is 10.1. The highest BCUT2D eigenvalue weighted by Crippen LogP contribution is 2.03. The van der Waals surface area contributed by atoms with E-state index in [1.165, 1.54) is 0 Å². The largest absolute Gasteiger partial charge is 0.448 e. The number of unbranched alkanes of at least 4 members (excludes halogenated alkanes) is 1. The highest BCUT2D eigenvalue weighted by atomic mass is 16.6. The lowest BCUT2D eigenvalue weighted by molar-refractivity contribution is 0.110. The minimum atomic E-state index is -0.939. The molecule has 14 nitrogen and oxygen atoms in total. The molecule has 0 aromatic heterocycles. The summed E-state index contributed by atoms with van der Waals surface area (Å²) in [6.45, 7) is 0.848. The average Bonchev–Trinajstić information content (AvgIpc) is 2.70. The standard InChI is InChI=1S/C17H36N8O6/c18-6-2-1-5-13(11-31-16(27)24-8-9-29-15(22)26)25-17(28)30-10-12(19)4-3-7-23-14(20)21/h12-13H,1-11,18-19H2,(H2,22,26)(H,24,27)(H,25,28)(H4,20,21,23). The molecule has 14 heteroatoms. The maximum absolute atomic E-state index is 12.0. The Hall–Kier alpha value is -3.00. The second-order valence-electron chi connectivity index (χ2n) is 6.63. The van der Waals surface area contributed by atoms with E-state index in [2.05, 4.69) is 20.4 Å². The maximum atomic E-state index is 12.0. The second kappa shape index (κ2) is 17.8. The molecule has 2 unspecified atom stereocenters. The number of primary amides is 1. The highest BCUT2D eigenvalue weighted by Gasteiger charge is 2.16. The number of carbonyl (C=O) groups excluding carboxylic acids is 3. The van der Waals surface area contributed by atoms with Crippen molar-refractivity contribution in [1.29, 1.82) is 0 Å². The number of nitrogens with one attached hydrogen (secondary N) is 2. The predicted octanol–water partition coefficient (Wildman–Crippen LogP) is -1.59. The third kappa shape index (κ3) is 18.8. The van der Waals surface area contributed by atoms with Crippen molar-refractivity contribution in [2.24, 2.45) is 33.7 Å². The normalized spacial score (nSPS) is 12.2. The van der Waals surface area contributed by atoms with Crippen LogP contribution in [0.3, 0.4) is 0 Å². The Kier molecular flexibility index (Phi) is 16.1. The fraction of sp³-hybridized carbons (Fsp3) is 0.765. The molecule has 0 bridgehead atoms. The van der Waals surface area contributed by atoms with Crippen LogP contribution < -0.4 is 39.3 Å². The quantitative estimate of drug-likeness (QED) is 0.0617. The molecule has 180 valence electrons. The van der Waals surface area contributed by atoms with Crippen LogP contribution in [0.4, 0.5) is 14.4 Å². The van der Waals surface area contributed by atoms with Crippen molar-refractivity contribution < 1.29 is 28.6 Å². The van der Waals surface area contributed by atoms with Crippen LogP contribution in [0.5, 0.6) is 0 Å². The van der Waals surface area contributed by atoms with E-state index in [4.69, 9.17) is 38.1 Å². The van der Waals surface area contributed by atoms with Gasteiger partial charge in [0.1, 0.15) is 19.8 Å². The van der Waals surface area contributed by atoms with Gasteiger partial charge in [-0.3, -0.25) is 4.99 Å². The first kappa shape index (κ1) is 28.0. The van der Waals surface area contributed by atoms with Gasteiger partial charge in [0, 0.05) is 12.6 Å². The molecule has 2 atom stereocenters. The summed E-state index contributed by atoms with van der Waals surface area (Å²) in [6, 6.07) is -0.829. The van der Waals surface area contributed by atoms with Crippen LogP contribution in [-0.4, -0.2) is 75.8 Å². The van der Waals surface area contributed by atoms with E-state index in [-0.39, 0.29) is 38.4 Å². The maximum Gasteiger partial charge on any atom is 0.407 e. The van der Waals surface area contributed by atoms with Gasteiger partial charge >= 0.3 is 18.3 Å². The summed E-state index contributed by atoms with van der Waals surface area (Å²) in [5.41, 5.74) is 26.7. The van der Waals surface area contributed by atoms with E-state index in [1.54, 1.807) is 0 Å². The van der Waals surface area contributed by atoms with E-state index in [1.807, 2.05) is 0 Å². The molecule has 12 N–H and O–H groups in total. The van der Waals surface area contributed by atoms with Crippen LogP contribution in [0, 0.1) is 0 Å². The Bertz CT molecular complexity index is 559. The zero-order valence-electron chi connectivity index (χ0n) is 17.7. The van der Waals surface area contributed by atoms with E-state index in [0.717, 1.165) is 12.8 Å². The third-order valence-corrected chi connectivity index (χ3v) is 3.82. The Morgan fingerprint density at radius 2 is 1.61 bits per heavy atom. The van der Waals surface area contributed by atoms with Gasteiger partial charge in [-0.1, -0.05) is 6.42 Å². The Balaban J connectivity index is 4.26. The first-order chi connectivity index (χ1) is 14.7. The predicted molar refractivity (Wildman–Crippen MR) is 114 cm³/mol. The second-order valence-corrected chi connectivity index (χ2v) is 6.63. The minimum Gasteiger partial charge on any atom is -0.448 e. The van der Waals surface area contributed by atoms with Crippen LogP contribution in [0.15, 0.2) is 4.99 Å². The topological polar surface area (TPSA) is 245 Å². The molecule has 0 spiro atoms. The lowest BCUT2D eigenvalue weighted by Gasteiger charge is -2.19. The number of nitrogens with zero attached hydrogens (tertiary/aromatic N) is 1. The molecule has 31 heavy (non-hydrogen) atoms. The van der Waals surface area contributed by atoms with Crippen LogP contribution in [0.1, 0.15) is 32.1 Å². The SMILES string of the molecule is NCCCCC(COC(=O)NCCOC(N)=O)NC(=O)OCC(N)CCCN=C(N)N. The van der Waals surface area contributed by atoms with Crippen LogP contribution in [-0.2, 0) is 14.2 Å². The number of alkyl carbamates (subject to hydrolysis) is 2. The van der Waals surface area contributed by atoms with E-state index in [9.17, 15) is 14.4 Å². The highest BCUT2D eigenvalue weighted by molar-refractivity contribution is 5.75. The van der Waals surface area contributed by atoms with Crippen LogP contribution in [0.2, 0.25) is 0 Å². The zero-order chi connectivity index (χ0) is 23.5. The van der Waals surface area contributed by atoms with Gasteiger partial charge in [-0.15, -0.1) is 0 Å². The summed E-state index contributed by atoms with van der Waals surface area (Å²) < 4.78 is 14.7. The van der Waals surface area contributed by atoms with Gasteiger partial charge in [0.25, 0.3) is 0 Å². The smallest absolute Gasteiger partial charge is 0.407 e. The molecular formula is C17H36N8O6.